The highest BCUT2D eigenvalue weighted by atomic mass is 35.5. The van der Waals surface area contributed by atoms with E-state index in [4.69, 9.17) is 11.6 Å². The van der Waals surface area contributed by atoms with Gasteiger partial charge in [0.15, 0.2) is 0 Å². The summed E-state index contributed by atoms with van der Waals surface area (Å²) in [4.78, 5) is 0.148. The Hall–Kier alpha value is -0.650. The number of halogens is 2. The van der Waals surface area contributed by atoms with Crippen LogP contribution in [0.25, 0.3) is 0 Å². The first-order valence-corrected chi connectivity index (χ1v) is 8.84. The van der Waals surface area contributed by atoms with Crippen LogP contribution in [0, 0.1) is 17.7 Å². The Labute approximate surface area is 123 Å². The van der Waals surface area contributed by atoms with Crippen LogP contribution in [-0.4, -0.2) is 25.8 Å². The zero-order valence-electron chi connectivity index (χ0n) is 11.1. The van der Waals surface area contributed by atoms with Crippen LogP contribution in [-0.2, 0) is 15.9 Å². The van der Waals surface area contributed by atoms with E-state index in [1.165, 1.54) is 24.6 Å². The second-order valence-electron chi connectivity index (χ2n) is 5.66. The summed E-state index contributed by atoms with van der Waals surface area (Å²) in [6, 6.07) is 3.86. The lowest BCUT2D eigenvalue weighted by molar-refractivity contribution is 0.445. The molecule has 2 aliphatic rings. The Bertz CT molecular complexity index is 608. The molecule has 0 amide bonds. The molecule has 2 unspecified atom stereocenters. The van der Waals surface area contributed by atoms with Crippen molar-refractivity contribution in [3.63, 3.8) is 0 Å². The largest absolute Gasteiger partial charge is 0.243 e. The smallest absolute Gasteiger partial charge is 0.207 e. The van der Waals surface area contributed by atoms with Gasteiger partial charge in [0.05, 0.1) is 10.8 Å². The highest BCUT2D eigenvalue weighted by Crippen LogP contribution is 2.39. The van der Waals surface area contributed by atoms with E-state index in [9.17, 15) is 12.8 Å². The standard InChI is InChI=1S/C14H17ClFNO2S/c15-7-12-6-13(4-5-14(12)16)20(18,19)17-8-10-2-1-3-11(10)9-17/h4-6,10-11H,1-3,7-9H2. The molecule has 1 aromatic rings. The molecule has 0 aromatic heterocycles. The van der Waals surface area contributed by atoms with Gasteiger partial charge in [0.25, 0.3) is 0 Å². The first-order valence-electron chi connectivity index (χ1n) is 6.87. The first kappa shape index (κ1) is 14.3. The molecule has 1 aliphatic heterocycles. The normalized spacial score (nSPS) is 26.9. The van der Waals surface area contributed by atoms with Gasteiger partial charge in [-0.3, -0.25) is 0 Å². The summed E-state index contributed by atoms with van der Waals surface area (Å²) in [5, 5.41) is 0. The maximum absolute atomic E-state index is 13.4. The summed E-state index contributed by atoms with van der Waals surface area (Å²) in [6.45, 7) is 1.20. The van der Waals surface area contributed by atoms with Crippen molar-refractivity contribution in [2.24, 2.45) is 11.8 Å². The van der Waals surface area contributed by atoms with Crippen LogP contribution in [0.1, 0.15) is 24.8 Å². The van der Waals surface area contributed by atoms with Crippen molar-refractivity contribution in [1.29, 1.82) is 0 Å². The summed E-state index contributed by atoms with van der Waals surface area (Å²) < 4.78 is 40.2. The lowest BCUT2D eigenvalue weighted by Crippen LogP contribution is -2.29. The van der Waals surface area contributed by atoms with E-state index in [2.05, 4.69) is 0 Å². The van der Waals surface area contributed by atoms with E-state index < -0.39 is 15.8 Å². The number of alkyl halides is 1. The van der Waals surface area contributed by atoms with E-state index in [1.54, 1.807) is 4.31 Å². The van der Waals surface area contributed by atoms with Crippen molar-refractivity contribution >= 4 is 21.6 Å². The van der Waals surface area contributed by atoms with E-state index in [0.29, 0.717) is 24.9 Å². The molecule has 110 valence electrons. The predicted molar refractivity (Wildman–Crippen MR) is 75.5 cm³/mol. The SMILES string of the molecule is O=S(=O)(c1ccc(F)c(CCl)c1)N1CC2CCCC2C1. The zero-order chi connectivity index (χ0) is 14.3. The third-order valence-corrected chi connectivity index (χ3v) is 6.61. The molecule has 20 heavy (non-hydrogen) atoms. The molecule has 6 heteroatoms. The average molecular weight is 318 g/mol. The fourth-order valence-corrected chi connectivity index (χ4v) is 5.16. The van der Waals surface area contributed by atoms with Crippen LogP contribution in [0.5, 0.6) is 0 Å². The van der Waals surface area contributed by atoms with Gasteiger partial charge >= 0.3 is 0 Å². The van der Waals surface area contributed by atoms with Crippen molar-refractivity contribution in [3.8, 4) is 0 Å². The minimum atomic E-state index is -3.52. The lowest BCUT2D eigenvalue weighted by Gasteiger charge is -2.17. The van der Waals surface area contributed by atoms with Gasteiger partial charge in [-0.2, -0.15) is 4.31 Å². The number of benzene rings is 1. The third-order valence-electron chi connectivity index (χ3n) is 4.49. The van der Waals surface area contributed by atoms with Crippen molar-refractivity contribution in [1.82, 2.24) is 4.31 Å². The number of rotatable bonds is 3. The summed E-state index contributed by atoms with van der Waals surface area (Å²) in [7, 11) is -3.52. The van der Waals surface area contributed by atoms with Gasteiger partial charge < -0.3 is 0 Å². The molecule has 0 N–H and O–H groups in total. The fraction of sp³-hybridized carbons (Fsp3) is 0.571. The molecule has 0 radical (unpaired) electrons. The van der Waals surface area contributed by atoms with Crippen molar-refractivity contribution < 1.29 is 12.8 Å². The van der Waals surface area contributed by atoms with Crippen molar-refractivity contribution in [3.05, 3.63) is 29.6 Å². The second kappa shape index (κ2) is 5.28. The van der Waals surface area contributed by atoms with Gasteiger partial charge in [-0.15, -0.1) is 11.6 Å². The molecule has 1 saturated carbocycles. The molecule has 0 spiro atoms. The molecule has 1 heterocycles. The van der Waals surface area contributed by atoms with Crippen LogP contribution >= 0.6 is 11.6 Å². The van der Waals surface area contributed by atoms with Crippen LogP contribution in [0.3, 0.4) is 0 Å². The Kier molecular flexibility index (Phi) is 3.77. The summed E-state index contributed by atoms with van der Waals surface area (Å²) in [5.41, 5.74) is 0.229. The third kappa shape index (κ3) is 2.36. The maximum Gasteiger partial charge on any atom is 0.243 e. The molecular formula is C14H17ClFNO2S. The summed E-state index contributed by atoms with van der Waals surface area (Å²) in [5.74, 6) is 0.508. The first-order chi connectivity index (χ1) is 9.52. The highest BCUT2D eigenvalue weighted by Gasteiger charge is 2.41. The fourth-order valence-electron chi connectivity index (χ4n) is 3.35. The monoisotopic (exact) mass is 317 g/mol. The quantitative estimate of drug-likeness (QED) is 0.804. The molecule has 1 aliphatic carbocycles. The Morgan fingerprint density at radius 1 is 1.25 bits per heavy atom. The van der Waals surface area contributed by atoms with Gasteiger partial charge in [-0.1, -0.05) is 6.42 Å². The molecular weight excluding hydrogens is 301 g/mol. The summed E-state index contributed by atoms with van der Waals surface area (Å²) in [6.07, 6.45) is 3.44. The molecule has 1 aromatic carbocycles. The molecule has 2 fully saturated rings. The van der Waals surface area contributed by atoms with Crippen molar-refractivity contribution in [2.75, 3.05) is 13.1 Å². The van der Waals surface area contributed by atoms with Crippen LogP contribution < -0.4 is 0 Å². The van der Waals surface area contributed by atoms with Gasteiger partial charge in [-0.05, 0) is 42.9 Å². The second-order valence-corrected chi connectivity index (χ2v) is 7.87. The van der Waals surface area contributed by atoms with Crippen LogP contribution in [0.2, 0.25) is 0 Å². The molecule has 3 nitrogen and oxygen atoms in total. The van der Waals surface area contributed by atoms with Crippen molar-refractivity contribution in [2.45, 2.75) is 30.0 Å². The van der Waals surface area contributed by atoms with Crippen LogP contribution in [0.4, 0.5) is 4.39 Å². The lowest BCUT2D eigenvalue weighted by atomic mass is 10.0. The van der Waals surface area contributed by atoms with E-state index in [0.717, 1.165) is 12.8 Å². The van der Waals surface area contributed by atoms with Gasteiger partial charge in [-0.25, -0.2) is 12.8 Å². The molecule has 3 rings (SSSR count). The Morgan fingerprint density at radius 2 is 1.90 bits per heavy atom. The highest BCUT2D eigenvalue weighted by molar-refractivity contribution is 7.89. The number of fused-ring (bicyclic) bond motifs is 1. The number of nitrogens with zero attached hydrogens (tertiary/aromatic N) is 1. The number of sulfonamides is 1. The van der Waals surface area contributed by atoms with E-state index >= 15 is 0 Å². The maximum atomic E-state index is 13.4. The Balaban J connectivity index is 1.89. The topological polar surface area (TPSA) is 37.4 Å². The minimum absolute atomic E-state index is 0.0273. The predicted octanol–water partition coefficient (Wildman–Crippen LogP) is 2.99. The average Bonchev–Trinajstić information content (AvgIpc) is 2.99. The zero-order valence-corrected chi connectivity index (χ0v) is 12.6. The van der Waals surface area contributed by atoms with Gasteiger partial charge in [0.1, 0.15) is 5.82 Å². The van der Waals surface area contributed by atoms with Crippen LogP contribution in [0.15, 0.2) is 23.1 Å². The summed E-state index contributed by atoms with van der Waals surface area (Å²) >= 11 is 5.64. The molecule has 2 atom stereocenters. The van der Waals surface area contributed by atoms with Gasteiger partial charge in [0.2, 0.25) is 10.0 Å². The number of hydrogen-bond acceptors (Lipinski definition) is 2. The van der Waals surface area contributed by atoms with Gasteiger partial charge in [0, 0.05) is 18.7 Å². The van der Waals surface area contributed by atoms with E-state index in [-0.39, 0.29) is 16.3 Å². The molecule has 0 bridgehead atoms. The molecule has 1 saturated heterocycles. The number of hydrogen-bond donors (Lipinski definition) is 0. The van der Waals surface area contributed by atoms with E-state index in [1.807, 2.05) is 0 Å². The Morgan fingerprint density at radius 3 is 2.50 bits per heavy atom. The minimum Gasteiger partial charge on any atom is -0.207 e.